The summed E-state index contributed by atoms with van der Waals surface area (Å²) in [5.41, 5.74) is 0. The molecule has 1 amide bonds. The van der Waals surface area contributed by atoms with E-state index in [4.69, 9.17) is 0 Å². The van der Waals surface area contributed by atoms with Gasteiger partial charge >= 0.3 is 0 Å². The second kappa shape index (κ2) is 9.28. The number of carbonyl (C=O) groups is 1. The summed E-state index contributed by atoms with van der Waals surface area (Å²) in [5, 5.41) is 16.8. The molecular weight excluding hydrogens is 278 g/mol. The Kier molecular flexibility index (Phi) is 7.36. The van der Waals surface area contributed by atoms with E-state index >= 15 is 0 Å². The molecule has 2 aliphatic heterocycles. The Hall–Kier alpha value is -0.910. The first kappa shape index (κ1) is 17.4. The van der Waals surface area contributed by atoms with Gasteiger partial charge in [-0.15, -0.1) is 0 Å². The van der Waals surface area contributed by atoms with Crippen LogP contribution in [-0.2, 0) is 4.79 Å². The summed E-state index contributed by atoms with van der Waals surface area (Å²) in [5.74, 6) is 0.124. The number of amides is 1. The third-order valence-electron chi connectivity index (χ3n) is 4.72. The predicted octanol–water partition coefficient (Wildman–Crippen LogP) is 1.04. The molecular formula is C17H31N3O2. The van der Waals surface area contributed by atoms with Crippen LogP contribution in [0.15, 0.2) is 12.2 Å². The van der Waals surface area contributed by atoms with Gasteiger partial charge in [0, 0.05) is 31.6 Å². The maximum atomic E-state index is 12.1. The minimum atomic E-state index is -0.320. The van der Waals surface area contributed by atoms with Crippen molar-refractivity contribution in [3.63, 3.8) is 0 Å². The van der Waals surface area contributed by atoms with E-state index in [1.165, 1.54) is 0 Å². The first-order valence-electron chi connectivity index (χ1n) is 8.80. The summed E-state index contributed by atoms with van der Waals surface area (Å²) in [6.07, 6.45) is 9.27. The van der Waals surface area contributed by atoms with Crippen molar-refractivity contribution in [3.8, 4) is 0 Å². The van der Waals surface area contributed by atoms with Gasteiger partial charge in [-0.3, -0.25) is 9.69 Å². The van der Waals surface area contributed by atoms with Gasteiger partial charge in [0.15, 0.2) is 0 Å². The smallest absolute Gasteiger partial charge is 0.221 e. The van der Waals surface area contributed by atoms with Gasteiger partial charge < -0.3 is 15.7 Å². The van der Waals surface area contributed by atoms with Crippen LogP contribution in [0.5, 0.6) is 0 Å². The summed E-state index contributed by atoms with van der Waals surface area (Å²) >= 11 is 0. The first-order chi connectivity index (χ1) is 10.7. The van der Waals surface area contributed by atoms with Gasteiger partial charge in [0.25, 0.3) is 0 Å². The number of aliphatic hydroxyl groups excluding tert-OH is 1. The number of aliphatic hydroxyl groups is 1. The number of fused-ring (bicyclic) bond motifs is 1. The third kappa shape index (κ3) is 5.07. The number of carbonyl (C=O) groups excluding carboxylic acids is 1. The Bertz CT molecular complexity index is 373. The van der Waals surface area contributed by atoms with Crippen LogP contribution in [0.3, 0.4) is 0 Å². The highest BCUT2D eigenvalue weighted by Crippen LogP contribution is 2.23. The normalized spacial score (nSPS) is 30.4. The van der Waals surface area contributed by atoms with Crippen LogP contribution in [-0.4, -0.2) is 60.3 Å². The standard InChI is InChI=1S/C17H31N3O2/c1-2-16(21)15-8-5-7-14-13-17(22)19-11-4-3-9-18-10-6-12-20(14)15/h5,7,14-16,18,21H,2-4,6,8-13H2,1H3,(H,19,22)/t14-,15+,16+/m1/s1. The molecule has 3 atom stereocenters. The van der Waals surface area contributed by atoms with Gasteiger partial charge in [-0.05, 0) is 45.2 Å². The van der Waals surface area contributed by atoms with Crippen LogP contribution in [0, 0.1) is 0 Å². The van der Waals surface area contributed by atoms with E-state index in [0.29, 0.717) is 6.42 Å². The summed E-state index contributed by atoms with van der Waals surface area (Å²) in [6.45, 7) is 5.73. The van der Waals surface area contributed by atoms with Gasteiger partial charge in [0.05, 0.1) is 6.10 Å². The minimum absolute atomic E-state index is 0.112. The van der Waals surface area contributed by atoms with Crippen molar-refractivity contribution in [1.82, 2.24) is 15.5 Å². The largest absolute Gasteiger partial charge is 0.391 e. The third-order valence-corrected chi connectivity index (χ3v) is 4.72. The molecule has 22 heavy (non-hydrogen) atoms. The summed E-state index contributed by atoms with van der Waals surface area (Å²) in [4.78, 5) is 14.5. The number of hydrogen-bond donors (Lipinski definition) is 3. The highest BCUT2D eigenvalue weighted by molar-refractivity contribution is 5.76. The maximum Gasteiger partial charge on any atom is 0.221 e. The van der Waals surface area contributed by atoms with Gasteiger partial charge in [-0.1, -0.05) is 19.1 Å². The molecule has 0 unspecified atom stereocenters. The molecule has 5 nitrogen and oxygen atoms in total. The van der Waals surface area contributed by atoms with Gasteiger partial charge in [-0.2, -0.15) is 0 Å². The van der Waals surface area contributed by atoms with E-state index in [0.717, 1.165) is 58.3 Å². The lowest BCUT2D eigenvalue weighted by molar-refractivity contribution is -0.122. The molecule has 0 aromatic heterocycles. The van der Waals surface area contributed by atoms with Crippen molar-refractivity contribution in [2.75, 3.05) is 26.2 Å². The fourth-order valence-corrected chi connectivity index (χ4v) is 3.41. The first-order valence-corrected chi connectivity index (χ1v) is 8.80. The lowest BCUT2D eigenvalue weighted by atomic mass is 9.94. The molecule has 0 saturated carbocycles. The Balaban J connectivity index is 2.06. The molecule has 1 fully saturated rings. The highest BCUT2D eigenvalue weighted by atomic mass is 16.3. The zero-order valence-corrected chi connectivity index (χ0v) is 13.8. The van der Waals surface area contributed by atoms with Crippen LogP contribution in [0.1, 0.15) is 45.4 Å². The fraction of sp³-hybridized carbons (Fsp3) is 0.824. The molecule has 2 heterocycles. The van der Waals surface area contributed by atoms with Crippen LogP contribution in [0.2, 0.25) is 0 Å². The van der Waals surface area contributed by atoms with Crippen molar-refractivity contribution < 1.29 is 9.90 Å². The number of nitrogens with zero attached hydrogens (tertiary/aromatic N) is 1. The van der Waals surface area contributed by atoms with E-state index in [-0.39, 0.29) is 24.1 Å². The average molecular weight is 309 g/mol. The molecule has 0 aliphatic carbocycles. The molecule has 2 aliphatic rings. The van der Waals surface area contributed by atoms with Crippen LogP contribution < -0.4 is 10.6 Å². The van der Waals surface area contributed by atoms with Crippen LogP contribution >= 0.6 is 0 Å². The SMILES string of the molecule is CC[C@H](O)[C@@H]1CC=C[C@@H]2CC(=O)NCCCCNCCCN21. The Morgan fingerprint density at radius 3 is 2.91 bits per heavy atom. The molecule has 0 spiro atoms. The summed E-state index contributed by atoms with van der Waals surface area (Å²) < 4.78 is 0. The number of hydrogen-bond acceptors (Lipinski definition) is 4. The van der Waals surface area contributed by atoms with E-state index in [2.05, 4.69) is 27.7 Å². The lowest BCUT2D eigenvalue weighted by Crippen LogP contribution is -2.52. The quantitative estimate of drug-likeness (QED) is 0.667. The molecule has 3 N–H and O–H groups in total. The Morgan fingerprint density at radius 1 is 1.32 bits per heavy atom. The second-order valence-corrected chi connectivity index (χ2v) is 6.38. The van der Waals surface area contributed by atoms with Gasteiger partial charge in [0.2, 0.25) is 5.91 Å². The Morgan fingerprint density at radius 2 is 2.09 bits per heavy atom. The number of nitrogens with one attached hydrogen (secondary N) is 2. The molecule has 0 aromatic carbocycles. The van der Waals surface area contributed by atoms with Crippen molar-refractivity contribution in [3.05, 3.63) is 12.2 Å². The van der Waals surface area contributed by atoms with Crippen LogP contribution in [0.25, 0.3) is 0 Å². The molecule has 0 aromatic rings. The average Bonchev–Trinajstić information content (AvgIpc) is 2.54. The predicted molar refractivity (Wildman–Crippen MR) is 88.7 cm³/mol. The van der Waals surface area contributed by atoms with Gasteiger partial charge in [-0.25, -0.2) is 0 Å². The van der Waals surface area contributed by atoms with Crippen molar-refractivity contribution in [2.24, 2.45) is 0 Å². The second-order valence-electron chi connectivity index (χ2n) is 6.38. The van der Waals surface area contributed by atoms with E-state index in [1.807, 2.05) is 6.92 Å². The zero-order valence-electron chi connectivity index (χ0n) is 13.8. The van der Waals surface area contributed by atoms with Gasteiger partial charge in [0.1, 0.15) is 0 Å². The lowest BCUT2D eigenvalue weighted by Gasteiger charge is -2.41. The van der Waals surface area contributed by atoms with E-state index < -0.39 is 0 Å². The fourth-order valence-electron chi connectivity index (χ4n) is 3.41. The number of rotatable bonds is 2. The molecule has 0 radical (unpaired) electrons. The molecule has 126 valence electrons. The van der Waals surface area contributed by atoms with Crippen molar-refractivity contribution >= 4 is 5.91 Å². The highest BCUT2D eigenvalue weighted by Gasteiger charge is 2.32. The van der Waals surface area contributed by atoms with E-state index in [1.54, 1.807) is 0 Å². The van der Waals surface area contributed by atoms with Crippen LogP contribution in [0.4, 0.5) is 0 Å². The van der Waals surface area contributed by atoms with E-state index in [9.17, 15) is 9.90 Å². The molecule has 2 rings (SSSR count). The topological polar surface area (TPSA) is 64.6 Å². The zero-order chi connectivity index (χ0) is 15.8. The summed E-state index contributed by atoms with van der Waals surface area (Å²) in [6, 6.07) is 0.249. The Labute approximate surface area is 134 Å². The molecule has 5 heteroatoms. The minimum Gasteiger partial charge on any atom is -0.391 e. The van der Waals surface area contributed by atoms with Crippen molar-refractivity contribution in [1.29, 1.82) is 0 Å². The molecule has 0 bridgehead atoms. The monoisotopic (exact) mass is 309 g/mol. The van der Waals surface area contributed by atoms with Crippen molar-refractivity contribution in [2.45, 2.75) is 63.6 Å². The summed E-state index contributed by atoms with van der Waals surface area (Å²) in [7, 11) is 0. The maximum absolute atomic E-state index is 12.1. The molecule has 1 saturated heterocycles.